The van der Waals surface area contributed by atoms with Gasteiger partial charge in [0.05, 0.1) is 20.8 Å². The van der Waals surface area contributed by atoms with Gasteiger partial charge < -0.3 is 24.3 Å². The van der Waals surface area contributed by atoms with Gasteiger partial charge in [0, 0.05) is 22.7 Å². The van der Waals surface area contributed by atoms with Crippen LogP contribution in [-0.2, 0) is 19.6 Å². The molecule has 0 fully saturated rings. The number of hydrogen-bond donors (Lipinski definition) is 1. The second kappa shape index (κ2) is 12.6. The van der Waals surface area contributed by atoms with E-state index in [2.05, 4.69) is 5.32 Å². The van der Waals surface area contributed by atoms with Crippen molar-refractivity contribution in [3.63, 3.8) is 0 Å². The van der Waals surface area contributed by atoms with E-state index in [0.717, 1.165) is 41.2 Å². The van der Waals surface area contributed by atoms with Crippen LogP contribution >= 0.6 is 23.2 Å². The highest BCUT2D eigenvalue weighted by molar-refractivity contribution is 6.31. The van der Waals surface area contributed by atoms with E-state index in [1.807, 2.05) is 61.5 Å². The van der Waals surface area contributed by atoms with E-state index in [-0.39, 0.29) is 0 Å². The Balaban J connectivity index is 1.60. The van der Waals surface area contributed by atoms with Gasteiger partial charge in [-0.3, -0.25) is 0 Å². The summed E-state index contributed by atoms with van der Waals surface area (Å²) >= 11 is 12.6. The van der Waals surface area contributed by atoms with Crippen molar-refractivity contribution in [1.29, 1.82) is 0 Å². The molecule has 3 rings (SSSR count). The monoisotopic (exact) mass is 489 g/mol. The van der Waals surface area contributed by atoms with Crippen molar-refractivity contribution >= 4 is 23.2 Å². The third-order valence-corrected chi connectivity index (χ3v) is 5.64. The first-order chi connectivity index (χ1) is 16.0. The molecular formula is C26H29Cl2NO4. The van der Waals surface area contributed by atoms with E-state index in [0.29, 0.717) is 41.3 Å². The Morgan fingerprint density at radius 2 is 1.58 bits per heavy atom. The van der Waals surface area contributed by atoms with Crippen LogP contribution in [0.2, 0.25) is 10.0 Å². The molecule has 5 nitrogen and oxygen atoms in total. The van der Waals surface area contributed by atoms with Crippen LogP contribution in [0, 0.1) is 0 Å². The van der Waals surface area contributed by atoms with Crippen LogP contribution in [0.15, 0.2) is 54.6 Å². The Hall–Kier alpha value is -2.60. The van der Waals surface area contributed by atoms with Crippen LogP contribution in [-0.4, -0.2) is 27.4 Å². The Labute approximate surface area is 205 Å². The van der Waals surface area contributed by atoms with Gasteiger partial charge in [0.2, 0.25) is 0 Å². The molecule has 0 spiro atoms. The van der Waals surface area contributed by atoms with Crippen LogP contribution < -0.4 is 24.3 Å². The molecule has 176 valence electrons. The highest BCUT2D eigenvalue weighted by Crippen LogP contribution is 2.34. The summed E-state index contributed by atoms with van der Waals surface area (Å²) in [5, 5.41) is 4.74. The fraction of sp³-hybridized carbons (Fsp3) is 0.308. The molecule has 0 unspecified atom stereocenters. The number of nitrogens with one attached hydrogen (secondary N) is 1. The zero-order valence-corrected chi connectivity index (χ0v) is 20.6. The molecule has 0 saturated heterocycles. The molecule has 0 bridgehead atoms. The maximum Gasteiger partial charge on any atom is 0.163 e. The Morgan fingerprint density at radius 3 is 2.30 bits per heavy atom. The molecule has 0 aromatic heterocycles. The minimum Gasteiger partial charge on any atom is -0.493 e. The SMILES string of the molecule is CCOc1cc(CNCCc2ccc(OC)c(OC)c2)c(Cl)cc1OCc1cccc(Cl)c1. The maximum atomic E-state index is 6.55. The third-order valence-electron chi connectivity index (χ3n) is 5.05. The zero-order valence-electron chi connectivity index (χ0n) is 19.1. The molecule has 33 heavy (non-hydrogen) atoms. The lowest BCUT2D eigenvalue weighted by molar-refractivity contribution is 0.269. The summed E-state index contributed by atoms with van der Waals surface area (Å²) in [4.78, 5) is 0. The molecule has 0 heterocycles. The van der Waals surface area contributed by atoms with Gasteiger partial charge in [0.25, 0.3) is 0 Å². The number of hydrogen-bond acceptors (Lipinski definition) is 5. The largest absolute Gasteiger partial charge is 0.493 e. The van der Waals surface area contributed by atoms with Crippen molar-refractivity contribution in [1.82, 2.24) is 5.32 Å². The quantitative estimate of drug-likeness (QED) is 0.301. The molecule has 0 amide bonds. The van der Waals surface area contributed by atoms with Gasteiger partial charge in [-0.15, -0.1) is 0 Å². The smallest absolute Gasteiger partial charge is 0.163 e. The van der Waals surface area contributed by atoms with E-state index in [1.165, 1.54) is 0 Å². The van der Waals surface area contributed by atoms with Crippen LogP contribution in [0.5, 0.6) is 23.0 Å². The zero-order chi connectivity index (χ0) is 23.6. The Bertz CT molecular complexity index is 1060. The molecule has 0 atom stereocenters. The second-order valence-corrected chi connectivity index (χ2v) is 8.20. The van der Waals surface area contributed by atoms with Crippen LogP contribution in [0.25, 0.3) is 0 Å². The van der Waals surface area contributed by atoms with Crippen molar-refractivity contribution in [2.75, 3.05) is 27.4 Å². The van der Waals surface area contributed by atoms with Gasteiger partial charge in [0.15, 0.2) is 23.0 Å². The molecule has 0 radical (unpaired) electrons. The molecule has 0 aliphatic rings. The lowest BCUT2D eigenvalue weighted by Crippen LogP contribution is -2.17. The average molecular weight is 490 g/mol. The molecular weight excluding hydrogens is 461 g/mol. The van der Waals surface area contributed by atoms with Crippen LogP contribution in [0.3, 0.4) is 0 Å². The first kappa shape index (κ1) is 25.0. The molecule has 1 N–H and O–H groups in total. The highest BCUT2D eigenvalue weighted by atomic mass is 35.5. The van der Waals surface area contributed by atoms with Gasteiger partial charge >= 0.3 is 0 Å². The summed E-state index contributed by atoms with van der Waals surface area (Å²) in [5.74, 6) is 2.73. The molecule has 0 aliphatic carbocycles. The number of ether oxygens (including phenoxy) is 4. The lowest BCUT2D eigenvalue weighted by atomic mass is 10.1. The predicted molar refractivity (Wildman–Crippen MR) is 133 cm³/mol. The molecule has 3 aromatic carbocycles. The van der Waals surface area contributed by atoms with E-state index in [9.17, 15) is 0 Å². The summed E-state index contributed by atoms with van der Waals surface area (Å²) in [6.45, 7) is 4.24. The van der Waals surface area contributed by atoms with Gasteiger partial charge in [-0.25, -0.2) is 0 Å². The van der Waals surface area contributed by atoms with Crippen molar-refractivity contribution in [2.24, 2.45) is 0 Å². The van der Waals surface area contributed by atoms with E-state index in [1.54, 1.807) is 14.2 Å². The minimum atomic E-state index is 0.375. The molecule has 7 heteroatoms. The first-order valence-corrected chi connectivity index (χ1v) is 11.5. The highest BCUT2D eigenvalue weighted by Gasteiger charge is 2.12. The van der Waals surface area contributed by atoms with E-state index >= 15 is 0 Å². The second-order valence-electron chi connectivity index (χ2n) is 7.36. The van der Waals surface area contributed by atoms with Gasteiger partial charge in [-0.2, -0.15) is 0 Å². The third kappa shape index (κ3) is 7.19. The summed E-state index contributed by atoms with van der Waals surface area (Å²) in [6.07, 6.45) is 0.844. The topological polar surface area (TPSA) is 49.0 Å². The predicted octanol–water partition coefficient (Wildman–Crippen LogP) is 6.32. The van der Waals surface area contributed by atoms with Crippen molar-refractivity contribution < 1.29 is 18.9 Å². The maximum absolute atomic E-state index is 6.55. The van der Waals surface area contributed by atoms with Gasteiger partial charge in [-0.05, 0) is 66.9 Å². The molecule has 0 saturated carbocycles. The van der Waals surface area contributed by atoms with Gasteiger partial charge in [0.1, 0.15) is 6.61 Å². The fourth-order valence-electron chi connectivity index (χ4n) is 3.37. The van der Waals surface area contributed by atoms with Crippen molar-refractivity contribution in [3.05, 3.63) is 81.3 Å². The summed E-state index contributed by atoms with van der Waals surface area (Å²) in [7, 11) is 3.27. The van der Waals surface area contributed by atoms with Crippen molar-refractivity contribution in [2.45, 2.75) is 26.5 Å². The Kier molecular flexibility index (Phi) is 9.55. The fourth-order valence-corrected chi connectivity index (χ4v) is 3.81. The van der Waals surface area contributed by atoms with Crippen LogP contribution in [0.4, 0.5) is 0 Å². The number of halogens is 2. The number of methoxy groups -OCH3 is 2. The average Bonchev–Trinajstić information content (AvgIpc) is 2.82. The summed E-state index contributed by atoms with van der Waals surface area (Å²) in [5.41, 5.74) is 3.08. The Morgan fingerprint density at radius 1 is 0.788 bits per heavy atom. The minimum absolute atomic E-state index is 0.375. The first-order valence-electron chi connectivity index (χ1n) is 10.8. The van der Waals surface area contributed by atoms with Crippen LogP contribution in [0.1, 0.15) is 23.6 Å². The van der Waals surface area contributed by atoms with Crippen molar-refractivity contribution in [3.8, 4) is 23.0 Å². The normalized spacial score (nSPS) is 10.7. The van der Waals surface area contributed by atoms with E-state index < -0.39 is 0 Å². The summed E-state index contributed by atoms with van der Waals surface area (Å²) in [6, 6.07) is 17.3. The number of benzene rings is 3. The standard InChI is InChI=1S/C26H29Cl2NO4/c1-4-32-25-14-20(16-29-11-10-18-8-9-23(30-2)24(13-18)31-3)22(28)15-26(25)33-17-19-6-5-7-21(27)12-19/h5-9,12-15,29H,4,10-11,16-17H2,1-3H3. The molecule has 3 aromatic rings. The lowest BCUT2D eigenvalue weighted by Gasteiger charge is -2.15. The van der Waals surface area contributed by atoms with E-state index in [4.69, 9.17) is 42.1 Å². The van der Waals surface area contributed by atoms with Gasteiger partial charge in [-0.1, -0.05) is 41.4 Å². The summed E-state index contributed by atoms with van der Waals surface area (Å²) < 4.78 is 22.5. The number of rotatable bonds is 12. The molecule has 0 aliphatic heterocycles.